The van der Waals surface area contributed by atoms with Crippen molar-refractivity contribution >= 4 is 11.6 Å². The SMILES string of the molecule is C=CCCCc1ccc(-c2cc(F)c(Cl)c(F)c2)cc1. The zero-order valence-corrected chi connectivity index (χ0v) is 11.8. The Balaban J connectivity index is 2.19. The van der Waals surface area contributed by atoms with Gasteiger partial charge in [-0.05, 0) is 48.1 Å². The normalized spacial score (nSPS) is 10.6. The van der Waals surface area contributed by atoms with Gasteiger partial charge in [-0.1, -0.05) is 41.9 Å². The Morgan fingerprint density at radius 2 is 1.60 bits per heavy atom. The van der Waals surface area contributed by atoms with Crippen molar-refractivity contribution in [3.8, 4) is 11.1 Å². The van der Waals surface area contributed by atoms with Gasteiger partial charge in [0, 0.05) is 0 Å². The highest BCUT2D eigenvalue weighted by Gasteiger charge is 2.09. The van der Waals surface area contributed by atoms with Crippen LogP contribution in [0.2, 0.25) is 5.02 Å². The summed E-state index contributed by atoms with van der Waals surface area (Å²) in [6.45, 7) is 3.69. The minimum atomic E-state index is -0.739. The second kappa shape index (κ2) is 6.67. The molecule has 0 aliphatic carbocycles. The third-order valence-electron chi connectivity index (χ3n) is 3.14. The van der Waals surface area contributed by atoms with Gasteiger partial charge in [-0.3, -0.25) is 0 Å². The number of unbranched alkanes of at least 4 members (excludes halogenated alkanes) is 1. The summed E-state index contributed by atoms with van der Waals surface area (Å²) < 4.78 is 26.9. The Bertz CT molecular complexity index is 580. The Kier molecular flexibility index (Phi) is 4.91. The average molecular weight is 293 g/mol. The van der Waals surface area contributed by atoms with Crippen molar-refractivity contribution in [1.29, 1.82) is 0 Å². The summed E-state index contributed by atoms with van der Waals surface area (Å²) in [5.74, 6) is -1.48. The molecule has 2 aromatic rings. The lowest BCUT2D eigenvalue weighted by molar-refractivity contribution is 0.585. The molecule has 2 aromatic carbocycles. The van der Waals surface area contributed by atoms with E-state index in [0.29, 0.717) is 5.56 Å². The van der Waals surface area contributed by atoms with E-state index in [1.54, 1.807) is 0 Å². The van der Waals surface area contributed by atoms with Gasteiger partial charge in [-0.15, -0.1) is 6.58 Å². The zero-order valence-electron chi connectivity index (χ0n) is 11.0. The third-order valence-corrected chi connectivity index (χ3v) is 3.51. The van der Waals surface area contributed by atoms with E-state index in [9.17, 15) is 8.78 Å². The largest absolute Gasteiger partial charge is 0.205 e. The van der Waals surface area contributed by atoms with E-state index in [2.05, 4.69) is 6.58 Å². The first-order valence-corrected chi connectivity index (χ1v) is 6.84. The molecule has 104 valence electrons. The van der Waals surface area contributed by atoms with E-state index in [4.69, 9.17) is 11.6 Å². The predicted octanol–water partition coefficient (Wildman–Crippen LogP) is 5.79. The van der Waals surface area contributed by atoms with Crippen LogP contribution in [-0.2, 0) is 6.42 Å². The smallest absolute Gasteiger partial charge is 0.145 e. The highest BCUT2D eigenvalue weighted by Crippen LogP contribution is 2.27. The fourth-order valence-electron chi connectivity index (χ4n) is 2.04. The van der Waals surface area contributed by atoms with E-state index in [-0.39, 0.29) is 0 Å². The lowest BCUT2D eigenvalue weighted by Gasteiger charge is -2.06. The quantitative estimate of drug-likeness (QED) is 0.371. The summed E-state index contributed by atoms with van der Waals surface area (Å²) in [4.78, 5) is 0. The highest BCUT2D eigenvalue weighted by atomic mass is 35.5. The fourth-order valence-corrected chi connectivity index (χ4v) is 2.15. The van der Waals surface area contributed by atoms with E-state index in [1.165, 1.54) is 17.7 Å². The van der Waals surface area contributed by atoms with Gasteiger partial charge >= 0.3 is 0 Å². The number of aryl methyl sites for hydroxylation is 1. The van der Waals surface area contributed by atoms with Crippen LogP contribution in [0, 0.1) is 11.6 Å². The minimum absolute atomic E-state index is 0.463. The van der Waals surface area contributed by atoms with E-state index < -0.39 is 16.7 Å². The second-order valence-corrected chi connectivity index (χ2v) is 5.01. The molecule has 0 bridgehead atoms. The van der Waals surface area contributed by atoms with Crippen LogP contribution < -0.4 is 0 Å². The summed E-state index contributed by atoms with van der Waals surface area (Å²) in [6, 6.07) is 10.2. The number of hydrogen-bond acceptors (Lipinski definition) is 0. The molecule has 0 aliphatic rings. The van der Waals surface area contributed by atoms with Gasteiger partial charge in [0.25, 0.3) is 0 Å². The highest BCUT2D eigenvalue weighted by molar-refractivity contribution is 6.31. The molecule has 0 nitrogen and oxygen atoms in total. The Labute approximate surface area is 122 Å². The molecular formula is C17H15ClF2. The molecule has 0 aliphatic heterocycles. The summed E-state index contributed by atoms with van der Waals surface area (Å²) >= 11 is 5.48. The molecule has 20 heavy (non-hydrogen) atoms. The number of halogens is 3. The molecule has 0 fully saturated rings. The average Bonchev–Trinajstić information content (AvgIpc) is 2.45. The molecule has 0 atom stereocenters. The molecule has 2 rings (SSSR count). The Hall–Kier alpha value is -1.67. The molecule has 0 aromatic heterocycles. The molecule has 0 saturated carbocycles. The Morgan fingerprint density at radius 3 is 2.15 bits per heavy atom. The van der Waals surface area contributed by atoms with Gasteiger partial charge in [0.2, 0.25) is 0 Å². The van der Waals surface area contributed by atoms with Crippen molar-refractivity contribution in [1.82, 2.24) is 0 Å². The number of rotatable bonds is 5. The first-order chi connectivity index (χ1) is 9.61. The standard InChI is InChI=1S/C17H15ClF2/c1-2-3-4-5-12-6-8-13(9-7-12)14-10-15(19)17(18)16(20)11-14/h2,6-11H,1,3-5H2. The van der Waals surface area contributed by atoms with E-state index in [0.717, 1.165) is 24.8 Å². The third kappa shape index (κ3) is 3.45. The molecule has 0 heterocycles. The van der Waals surface area contributed by atoms with Gasteiger partial charge in [-0.25, -0.2) is 8.78 Å². The van der Waals surface area contributed by atoms with Crippen molar-refractivity contribution in [3.63, 3.8) is 0 Å². The maximum absolute atomic E-state index is 13.4. The first kappa shape index (κ1) is 14.7. The Morgan fingerprint density at radius 1 is 1.00 bits per heavy atom. The van der Waals surface area contributed by atoms with Crippen LogP contribution in [0.4, 0.5) is 8.78 Å². The van der Waals surface area contributed by atoms with Crippen LogP contribution in [0.1, 0.15) is 18.4 Å². The van der Waals surface area contributed by atoms with Crippen LogP contribution in [0.15, 0.2) is 49.1 Å². The van der Waals surface area contributed by atoms with Crippen LogP contribution >= 0.6 is 11.6 Å². The van der Waals surface area contributed by atoms with Crippen molar-refractivity contribution in [3.05, 3.63) is 71.3 Å². The van der Waals surface area contributed by atoms with Crippen molar-refractivity contribution in [2.45, 2.75) is 19.3 Å². The molecular weight excluding hydrogens is 278 g/mol. The van der Waals surface area contributed by atoms with Gasteiger partial charge in [0.15, 0.2) is 0 Å². The van der Waals surface area contributed by atoms with Gasteiger partial charge in [-0.2, -0.15) is 0 Å². The number of allylic oxidation sites excluding steroid dienone is 1. The summed E-state index contributed by atoms with van der Waals surface area (Å²) in [5, 5.41) is -0.463. The van der Waals surface area contributed by atoms with Crippen LogP contribution in [0.25, 0.3) is 11.1 Å². The molecule has 0 unspecified atom stereocenters. The van der Waals surface area contributed by atoms with Crippen molar-refractivity contribution < 1.29 is 8.78 Å². The maximum atomic E-state index is 13.4. The van der Waals surface area contributed by atoms with Crippen LogP contribution in [-0.4, -0.2) is 0 Å². The monoisotopic (exact) mass is 292 g/mol. The summed E-state index contributed by atoms with van der Waals surface area (Å²) in [7, 11) is 0. The van der Waals surface area contributed by atoms with Gasteiger partial charge < -0.3 is 0 Å². The lowest BCUT2D eigenvalue weighted by atomic mass is 10.0. The number of benzene rings is 2. The summed E-state index contributed by atoms with van der Waals surface area (Å²) in [5.41, 5.74) is 2.46. The van der Waals surface area contributed by atoms with Gasteiger partial charge in [0.1, 0.15) is 16.7 Å². The van der Waals surface area contributed by atoms with E-state index >= 15 is 0 Å². The topological polar surface area (TPSA) is 0 Å². The molecule has 0 spiro atoms. The van der Waals surface area contributed by atoms with Gasteiger partial charge in [0.05, 0.1) is 0 Å². The minimum Gasteiger partial charge on any atom is -0.205 e. The maximum Gasteiger partial charge on any atom is 0.145 e. The lowest BCUT2D eigenvalue weighted by Crippen LogP contribution is -1.88. The number of hydrogen-bond donors (Lipinski definition) is 0. The molecule has 0 N–H and O–H groups in total. The summed E-state index contributed by atoms with van der Waals surface area (Å²) in [6.07, 6.45) is 4.89. The molecule has 0 amide bonds. The van der Waals surface area contributed by atoms with E-state index in [1.807, 2.05) is 30.3 Å². The second-order valence-electron chi connectivity index (χ2n) is 4.63. The molecule has 0 radical (unpaired) electrons. The molecule has 3 heteroatoms. The fraction of sp³-hybridized carbons (Fsp3) is 0.176. The van der Waals surface area contributed by atoms with Crippen molar-refractivity contribution in [2.24, 2.45) is 0 Å². The van der Waals surface area contributed by atoms with Crippen LogP contribution in [0.5, 0.6) is 0 Å². The van der Waals surface area contributed by atoms with Crippen LogP contribution in [0.3, 0.4) is 0 Å². The zero-order chi connectivity index (χ0) is 14.5. The first-order valence-electron chi connectivity index (χ1n) is 6.46. The predicted molar refractivity (Wildman–Crippen MR) is 79.9 cm³/mol. The van der Waals surface area contributed by atoms with Crippen molar-refractivity contribution in [2.75, 3.05) is 0 Å². The molecule has 0 saturated heterocycles.